The fourth-order valence-corrected chi connectivity index (χ4v) is 1.43. The molecule has 9 nitrogen and oxygen atoms in total. The molecule has 2 aromatic rings. The minimum Gasteiger partial charge on any atom is -0.502 e. The van der Waals surface area contributed by atoms with E-state index in [1.807, 2.05) is 0 Å². The molecule has 9 heteroatoms. The minimum atomic E-state index is -1.27. The van der Waals surface area contributed by atoms with Crippen molar-refractivity contribution in [2.45, 2.75) is 0 Å². The molecule has 2 aromatic carbocycles. The average molecular weight is 320 g/mol. The van der Waals surface area contributed by atoms with Crippen LogP contribution in [0.2, 0.25) is 0 Å². The third kappa shape index (κ3) is 5.01. The van der Waals surface area contributed by atoms with E-state index in [1.54, 1.807) is 12.1 Å². The summed E-state index contributed by atoms with van der Waals surface area (Å²) in [7, 11) is 0. The molecule has 0 unspecified atom stereocenters. The first kappa shape index (κ1) is 17.4. The first-order valence-corrected chi connectivity index (χ1v) is 6.02. The molecule has 0 heterocycles. The van der Waals surface area contributed by atoms with Gasteiger partial charge in [0.25, 0.3) is 0 Å². The Morgan fingerprint density at radius 2 is 1.43 bits per heavy atom. The third-order valence-electron chi connectivity index (χ3n) is 2.58. The van der Waals surface area contributed by atoms with Gasteiger partial charge < -0.3 is 21.1 Å². The highest BCUT2D eigenvalue weighted by Gasteiger charge is 2.15. The maximum Gasteiger partial charge on any atom is 0.335 e. The van der Waals surface area contributed by atoms with Crippen molar-refractivity contribution in [1.82, 2.24) is 0 Å². The molecule has 2 rings (SSSR count). The van der Waals surface area contributed by atoms with Gasteiger partial charge in [0.2, 0.25) is 0 Å². The Kier molecular flexibility index (Phi) is 5.61. The fraction of sp³-hybridized carbons (Fsp3) is 0. The fourth-order valence-electron chi connectivity index (χ4n) is 1.43. The van der Waals surface area contributed by atoms with Gasteiger partial charge in [-0.1, -0.05) is 0 Å². The Balaban J connectivity index is 0.000000238. The topological polar surface area (TPSA) is 164 Å². The predicted molar refractivity (Wildman–Crippen MR) is 79.5 cm³/mol. The maximum absolute atomic E-state index is 10.4. The number of nitrogens with zero attached hydrogens (tertiary/aromatic N) is 1. The van der Waals surface area contributed by atoms with Crippen molar-refractivity contribution in [3.63, 3.8) is 0 Å². The molecular weight excluding hydrogens is 308 g/mol. The Labute approximate surface area is 129 Å². The van der Waals surface area contributed by atoms with Gasteiger partial charge in [-0.05, 0) is 36.4 Å². The zero-order chi connectivity index (χ0) is 17.6. The molecular formula is C14H12N2O7. The van der Waals surface area contributed by atoms with Crippen LogP contribution < -0.4 is 5.73 Å². The van der Waals surface area contributed by atoms with Gasteiger partial charge in [0, 0.05) is 11.8 Å². The van der Waals surface area contributed by atoms with Crippen LogP contribution in [0.4, 0.5) is 11.4 Å². The summed E-state index contributed by atoms with van der Waals surface area (Å²) in [5.74, 6) is -2.75. The monoisotopic (exact) mass is 320 g/mol. The molecule has 0 bridgehead atoms. The van der Waals surface area contributed by atoms with Crippen molar-refractivity contribution in [2.75, 3.05) is 5.73 Å². The number of phenolic OH excluding ortho intramolecular Hbond substituents is 1. The maximum atomic E-state index is 10.4. The Bertz CT molecular complexity index is 741. The van der Waals surface area contributed by atoms with Gasteiger partial charge in [0.15, 0.2) is 5.75 Å². The molecule has 120 valence electrons. The van der Waals surface area contributed by atoms with E-state index in [-0.39, 0.29) is 11.1 Å². The summed E-state index contributed by atoms with van der Waals surface area (Å²) < 4.78 is 0. The molecule has 0 atom stereocenters. The van der Waals surface area contributed by atoms with Gasteiger partial charge in [-0.3, -0.25) is 10.1 Å². The van der Waals surface area contributed by atoms with Gasteiger partial charge in [-0.15, -0.1) is 0 Å². The molecule has 0 saturated carbocycles. The largest absolute Gasteiger partial charge is 0.502 e. The lowest BCUT2D eigenvalue weighted by atomic mass is 10.2. The van der Waals surface area contributed by atoms with Gasteiger partial charge in [-0.2, -0.15) is 0 Å². The molecule has 0 amide bonds. The number of carboxylic acid groups (broad SMARTS) is 2. The molecule has 0 aliphatic carbocycles. The van der Waals surface area contributed by atoms with Crippen LogP contribution in [0.1, 0.15) is 20.7 Å². The van der Waals surface area contributed by atoms with Crippen molar-refractivity contribution in [1.29, 1.82) is 0 Å². The zero-order valence-corrected chi connectivity index (χ0v) is 11.5. The van der Waals surface area contributed by atoms with Crippen LogP contribution in [0.15, 0.2) is 42.5 Å². The third-order valence-corrected chi connectivity index (χ3v) is 2.58. The quantitative estimate of drug-likeness (QED) is 0.378. The summed E-state index contributed by atoms with van der Waals surface area (Å²) in [6.07, 6.45) is 0. The summed E-state index contributed by atoms with van der Waals surface area (Å²) in [5.41, 5.74) is 5.32. The standard InChI is InChI=1S/C7H5NO5.C7H7NO2/c9-6-2-1-4(7(10)11)3-5(6)8(12)13;8-6-3-1-5(2-4-6)7(9)10/h1-3,9H,(H,10,11);1-4H,8H2,(H,9,10). The van der Waals surface area contributed by atoms with Crippen molar-refractivity contribution in [3.05, 3.63) is 63.7 Å². The SMILES string of the molecule is Nc1ccc(C(=O)O)cc1.O=C(O)c1ccc(O)c([N+](=O)[O-])c1. The molecule has 5 N–H and O–H groups in total. The number of carboxylic acids is 2. The number of benzene rings is 2. The number of hydrogen-bond acceptors (Lipinski definition) is 6. The zero-order valence-electron chi connectivity index (χ0n) is 11.5. The van der Waals surface area contributed by atoms with E-state index in [9.17, 15) is 19.7 Å². The van der Waals surface area contributed by atoms with Gasteiger partial charge in [0.05, 0.1) is 16.1 Å². The number of anilines is 1. The van der Waals surface area contributed by atoms with E-state index in [0.29, 0.717) is 5.69 Å². The number of nitro groups is 1. The Morgan fingerprint density at radius 1 is 0.957 bits per heavy atom. The second kappa shape index (κ2) is 7.41. The molecule has 0 spiro atoms. The van der Waals surface area contributed by atoms with Gasteiger partial charge in [0.1, 0.15) is 0 Å². The van der Waals surface area contributed by atoms with Crippen LogP contribution in [0.25, 0.3) is 0 Å². The Hall–Kier alpha value is -3.62. The molecule has 23 heavy (non-hydrogen) atoms. The van der Waals surface area contributed by atoms with Crippen LogP contribution in [-0.2, 0) is 0 Å². The van der Waals surface area contributed by atoms with Crippen molar-refractivity contribution >= 4 is 23.3 Å². The lowest BCUT2D eigenvalue weighted by Crippen LogP contribution is -1.97. The number of aromatic carboxylic acids is 2. The summed E-state index contributed by atoms with van der Waals surface area (Å²) in [6, 6.07) is 8.92. The molecule has 0 saturated heterocycles. The van der Waals surface area contributed by atoms with E-state index in [4.69, 9.17) is 21.1 Å². The average Bonchev–Trinajstić information content (AvgIpc) is 2.48. The van der Waals surface area contributed by atoms with Crippen LogP contribution in [-0.4, -0.2) is 32.2 Å². The van der Waals surface area contributed by atoms with Crippen molar-refractivity contribution < 1.29 is 29.8 Å². The van der Waals surface area contributed by atoms with Crippen LogP contribution in [0.5, 0.6) is 5.75 Å². The number of phenols is 1. The van der Waals surface area contributed by atoms with E-state index in [0.717, 1.165) is 18.2 Å². The van der Waals surface area contributed by atoms with Crippen molar-refractivity contribution in [2.24, 2.45) is 0 Å². The molecule has 0 aliphatic rings. The summed E-state index contributed by atoms with van der Waals surface area (Å²) >= 11 is 0. The second-order valence-electron chi connectivity index (χ2n) is 4.19. The number of aromatic hydroxyl groups is 1. The lowest BCUT2D eigenvalue weighted by Gasteiger charge is -1.96. The number of nitro benzene ring substituents is 1. The minimum absolute atomic E-state index is 0.232. The highest BCUT2D eigenvalue weighted by molar-refractivity contribution is 5.89. The summed E-state index contributed by atoms with van der Waals surface area (Å²) in [5, 5.41) is 36.1. The number of nitrogen functional groups attached to an aromatic ring is 1. The smallest absolute Gasteiger partial charge is 0.335 e. The Morgan fingerprint density at radius 3 is 1.87 bits per heavy atom. The van der Waals surface area contributed by atoms with Crippen molar-refractivity contribution in [3.8, 4) is 5.75 Å². The number of nitrogens with two attached hydrogens (primary N) is 1. The van der Waals surface area contributed by atoms with Crippen LogP contribution in [0, 0.1) is 10.1 Å². The van der Waals surface area contributed by atoms with E-state index >= 15 is 0 Å². The summed E-state index contributed by atoms with van der Waals surface area (Å²) in [4.78, 5) is 30.1. The number of rotatable bonds is 3. The first-order chi connectivity index (χ1) is 10.7. The van der Waals surface area contributed by atoms with E-state index < -0.39 is 28.3 Å². The predicted octanol–water partition coefficient (Wildman–Crippen LogP) is 1.97. The van der Waals surface area contributed by atoms with E-state index in [2.05, 4.69) is 0 Å². The number of carbonyl (C=O) groups is 2. The van der Waals surface area contributed by atoms with Gasteiger partial charge in [-0.25, -0.2) is 9.59 Å². The van der Waals surface area contributed by atoms with Crippen LogP contribution >= 0.6 is 0 Å². The number of hydrogen-bond donors (Lipinski definition) is 4. The molecule has 0 radical (unpaired) electrons. The second-order valence-corrected chi connectivity index (χ2v) is 4.19. The molecule has 0 aliphatic heterocycles. The van der Waals surface area contributed by atoms with Crippen LogP contribution in [0.3, 0.4) is 0 Å². The van der Waals surface area contributed by atoms with Gasteiger partial charge >= 0.3 is 17.6 Å². The highest BCUT2D eigenvalue weighted by atomic mass is 16.6. The highest BCUT2D eigenvalue weighted by Crippen LogP contribution is 2.25. The molecule has 0 fully saturated rings. The normalized spacial score (nSPS) is 9.39. The van der Waals surface area contributed by atoms with E-state index in [1.165, 1.54) is 12.1 Å². The molecule has 0 aromatic heterocycles. The lowest BCUT2D eigenvalue weighted by molar-refractivity contribution is -0.385. The first-order valence-electron chi connectivity index (χ1n) is 6.02. The summed E-state index contributed by atoms with van der Waals surface area (Å²) in [6.45, 7) is 0.